The lowest BCUT2D eigenvalue weighted by Crippen LogP contribution is -2.37. The molecule has 0 fully saturated rings. The quantitative estimate of drug-likeness (QED) is 0.481. The number of ether oxygens (including phenoxy) is 2. The number of nitrogens with zero attached hydrogens (tertiary/aromatic N) is 2. The lowest BCUT2D eigenvalue weighted by atomic mass is 10.1. The highest BCUT2D eigenvalue weighted by molar-refractivity contribution is 7.09. The number of hydrogen-bond acceptors (Lipinski definition) is 5. The molecule has 1 aromatic heterocycles. The van der Waals surface area contributed by atoms with Gasteiger partial charge in [-0.3, -0.25) is 4.99 Å². The van der Waals surface area contributed by atoms with Gasteiger partial charge >= 0.3 is 0 Å². The number of benzene rings is 1. The number of nitrogens with one attached hydrogen (secondary N) is 2. The van der Waals surface area contributed by atoms with Crippen molar-refractivity contribution in [3.63, 3.8) is 0 Å². The number of aryl methyl sites for hydroxylation is 1. The summed E-state index contributed by atoms with van der Waals surface area (Å²) in [5.74, 6) is 2.37. The topological polar surface area (TPSA) is 67.8 Å². The van der Waals surface area contributed by atoms with E-state index >= 15 is 0 Å². The van der Waals surface area contributed by atoms with E-state index in [1.54, 1.807) is 18.4 Å². The predicted octanol–water partition coefficient (Wildman–Crippen LogP) is 3.41. The van der Waals surface area contributed by atoms with E-state index in [4.69, 9.17) is 9.47 Å². The maximum Gasteiger partial charge on any atom is 0.191 e. The van der Waals surface area contributed by atoms with Crippen molar-refractivity contribution in [1.29, 1.82) is 0 Å². The zero-order valence-corrected chi connectivity index (χ0v) is 17.5. The Balaban J connectivity index is 1.83. The first kappa shape index (κ1) is 21.0. The van der Waals surface area contributed by atoms with Gasteiger partial charge in [-0.1, -0.05) is 13.0 Å². The largest absolute Gasteiger partial charge is 0.490 e. The van der Waals surface area contributed by atoms with E-state index in [0.29, 0.717) is 19.8 Å². The summed E-state index contributed by atoms with van der Waals surface area (Å²) in [6.45, 7) is 8.77. The van der Waals surface area contributed by atoms with Gasteiger partial charge < -0.3 is 20.1 Å². The second kappa shape index (κ2) is 11.4. The number of aromatic nitrogens is 1. The molecule has 0 aliphatic carbocycles. The number of aliphatic imine (C=N–C) groups is 1. The lowest BCUT2D eigenvalue weighted by Gasteiger charge is -2.14. The molecule has 2 N–H and O–H groups in total. The minimum Gasteiger partial charge on any atom is -0.490 e. The Bertz CT molecular complexity index is 731. The molecule has 0 saturated heterocycles. The number of hydrogen-bond donors (Lipinski definition) is 2. The summed E-state index contributed by atoms with van der Waals surface area (Å²) in [6.07, 6.45) is 1.84. The van der Waals surface area contributed by atoms with Crippen LogP contribution in [0.4, 0.5) is 0 Å². The fourth-order valence-electron chi connectivity index (χ4n) is 2.56. The number of guanidine groups is 1. The van der Waals surface area contributed by atoms with Crippen molar-refractivity contribution >= 4 is 17.3 Å². The Labute approximate surface area is 166 Å². The third-order valence-corrected chi connectivity index (χ3v) is 4.92. The maximum atomic E-state index is 5.69. The van der Waals surface area contributed by atoms with Gasteiger partial charge in [0.2, 0.25) is 0 Å². The standard InChI is InChI=1S/C20H30N4O2S/c1-5-19-24-16(14-27-19)13-23-20(21-4)22-11-10-15-8-9-17(25-6-2)18(12-15)26-7-3/h8-9,12,14H,5-7,10-11,13H2,1-4H3,(H2,21,22,23). The Morgan fingerprint density at radius 1 is 1.11 bits per heavy atom. The molecular formula is C20H30N4O2S. The van der Waals surface area contributed by atoms with Crippen LogP contribution in [0.3, 0.4) is 0 Å². The molecule has 0 bridgehead atoms. The highest BCUT2D eigenvalue weighted by Gasteiger charge is 2.07. The third kappa shape index (κ3) is 6.75. The molecule has 2 aromatic rings. The second-order valence-corrected chi connectivity index (χ2v) is 6.78. The van der Waals surface area contributed by atoms with Crippen molar-refractivity contribution in [3.05, 3.63) is 39.8 Å². The Morgan fingerprint density at radius 3 is 2.56 bits per heavy atom. The number of rotatable bonds is 10. The van der Waals surface area contributed by atoms with Crippen molar-refractivity contribution in [2.75, 3.05) is 26.8 Å². The fraction of sp³-hybridized carbons (Fsp3) is 0.500. The van der Waals surface area contributed by atoms with E-state index in [1.807, 2.05) is 26.0 Å². The molecule has 148 valence electrons. The molecular weight excluding hydrogens is 360 g/mol. The zero-order valence-electron chi connectivity index (χ0n) is 16.7. The van der Waals surface area contributed by atoms with E-state index in [1.165, 1.54) is 5.56 Å². The summed E-state index contributed by atoms with van der Waals surface area (Å²) in [7, 11) is 1.78. The Morgan fingerprint density at radius 2 is 1.89 bits per heavy atom. The fourth-order valence-corrected chi connectivity index (χ4v) is 3.31. The lowest BCUT2D eigenvalue weighted by molar-refractivity contribution is 0.287. The van der Waals surface area contributed by atoms with Crippen LogP contribution in [0.15, 0.2) is 28.6 Å². The van der Waals surface area contributed by atoms with Gasteiger partial charge in [0.05, 0.1) is 30.5 Å². The summed E-state index contributed by atoms with van der Waals surface area (Å²) in [5.41, 5.74) is 2.24. The normalized spacial score (nSPS) is 11.3. The molecule has 0 amide bonds. The van der Waals surface area contributed by atoms with Crippen LogP contribution < -0.4 is 20.1 Å². The van der Waals surface area contributed by atoms with Crippen molar-refractivity contribution < 1.29 is 9.47 Å². The van der Waals surface area contributed by atoms with Gasteiger partial charge in [-0.25, -0.2) is 4.98 Å². The van der Waals surface area contributed by atoms with Crippen LogP contribution in [0.2, 0.25) is 0 Å². The average Bonchev–Trinajstić information content (AvgIpc) is 3.15. The van der Waals surface area contributed by atoms with Crippen LogP contribution >= 0.6 is 11.3 Å². The molecule has 0 aliphatic heterocycles. The smallest absolute Gasteiger partial charge is 0.191 e. The molecule has 6 nitrogen and oxygen atoms in total. The van der Waals surface area contributed by atoms with E-state index in [2.05, 4.69) is 39.0 Å². The van der Waals surface area contributed by atoms with Crippen LogP contribution in [0.25, 0.3) is 0 Å². The van der Waals surface area contributed by atoms with Gasteiger partial charge in [-0.05, 0) is 44.4 Å². The van der Waals surface area contributed by atoms with Crippen molar-refractivity contribution in [2.24, 2.45) is 4.99 Å². The van der Waals surface area contributed by atoms with Gasteiger partial charge in [-0.15, -0.1) is 11.3 Å². The van der Waals surface area contributed by atoms with Gasteiger partial charge in [-0.2, -0.15) is 0 Å². The Kier molecular flexibility index (Phi) is 8.91. The average molecular weight is 391 g/mol. The SMILES string of the molecule is CCOc1ccc(CCNC(=NC)NCc2csc(CC)n2)cc1OCC. The van der Waals surface area contributed by atoms with E-state index in [0.717, 1.165) is 47.5 Å². The minimum atomic E-state index is 0.620. The highest BCUT2D eigenvalue weighted by atomic mass is 32.1. The molecule has 0 unspecified atom stereocenters. The molecule has 27 heavy (non-hydrogen) atoms. The first-order valence-electron chi connectivity index (χ1n) is 9.46. The van der Waals surface area contributed by atoms with Crippen LogP contribution in [0, 0.1) is 0 Å². The van der Waals surface area contributed by atoms with Crippen LogP contribution in [0.5, 0.6) is 11.5 Å². The second-order valence-electron chi connectivity index (χ2n) is 5.84. The zero-order chi connectivity index (χ0) is 19.5. The van der Waals surface area contributed by atoms with E-state index in [9.17, 15) is 0 Å². The summed E-state index contributed by atoms with van der Waals surface area (Å²) in [4.78, 5) is 8.83. The monoisotopic (exact) mass is 390 g/mol. The van der Waals surface area contributed by atoms with Gasteiger partial charge in [0.1, 0.15) is 0 Å². The summed E-state index contributed by atoms with van der Waals surface area (Å²) >= 11 is 1.70. The molecule has 1 heterocycles. The van der Waals surface area contributed by atoms with Crippen molar-refractivity contribution in [1.82, 2.24) is 15.6 Å². The predicted molar refractivity (Wildman–Crippen MR) is 112 cm³/mol. The van der Waals surface area contributed by atoms with Gasteiger partial charge in [0, 0.05) is 19.0 Å². The maximum absolute atomic E-state index is 5.69. The van der Waals surface area contributed by atoms with Crippen LogP contribution in [-0.4, -0.2) is 37.7 Å². The summed E-state index contributed by atoms with van der Waals surface area (Å²) < 4.78 is 11.3. The number of thiazole rings is 1. The first-order valence-corrected chi connectivity index (χ1v) is 10.3. The van der Waals surface area contributed by atoms with Gasteiger partial charge in [0.15, 0.2) is 17.5 Å². The molecule has 7 heteroatoms. The Hall–Kier alpha value is -2.28. The molecule has 0 atom stereocenters. The van der Waals surface area contributed by atoms with Crippen molar-refractivity contribution in [3.8, 4) is 11.5 Å². The van der Waals surface area contributed by atoms with Crippen LogP contribution in [-0.2, 0) is 19.4 Å². The minimum absolute atomic E-state index is 0.620. The molecule has 2 rings (SSSR count). The third-order valence-electron chi connectivity index (χ3n) is 3.88. The highest BCUT2D eigenvalue weighted by Crippen LogP contribution is 2.28. The van der Waals surface area contributed by atoms with Crippen LogP contribution in [0.1, 0.15) is 37.0 Å². The summed E-state index contributed by atoms with van der Waals surface area (Å²) in [6, 6.07) is 6.10. The first-order chi connectivity index (χ1) is 13.2. The molecule has 0 saturated carbocycles. The molecule has 0 radical (unpaired) electrons. The van der Waals surface area contributed by atoms with Gasteiger partial charge in [0.25, 0.3) is 0 Å². The molecule has 0 spiro atoms. The van der Waals surface area contributed by atoms with E-state index < -0.39 is 0 Å². The van der Waals surface area contributed by atoms with E-state index in [-0.39, 0.29) is 0 Å². The van der Waals surface area contributed by atoms with Crippen molar-refractivity contribution in [2.45, 2.75) is 40.2 Å². The molecule has 1 aromatic carbocycles. The molecule has 0 aliphatic rings. The summed E-state index contributed by atoms with van der Waals surface area (Å²) in [5, 5.41) is 9.90.